The topological polar surface area (TPSA) is 0 Å². The third kappa shape index (κ3) is 2.46. The molecule has 0 radical (unpaired) electrons. The normalized spacial score (nSPS) is 38.2. The largest absolute Gasteiger partial charge is 0.0628 e. The van der Waals surface area contributed by atoms with Gasteiger partial charge in [0.05, 0.1) is 0 Å². The molecule has 3 unspecified atom stereocenters. The van der Waals surface area contributed by atoms with Gasteiger partial charge < -0.3 is 0 Å². The first-order valence-corrected chi connectivity index (χ1v) is 7.21. The van der Waals surface area contributed by atoms with E-state index < -0.39 is 0 Å². The van der Waals surface area contributed by atoms with Gasteiger partial charge in [0.1, 0.15) is 0 Å². The first-order chi connectivity index (χ1) is 7.21. The van der Waals surface area contributed by atoms with Crippen molar-refractivity contribution in [1.29, 1.82) is 0 Å². The lowest BCUT2D eigenvalue weighted by Crippen LogP contribution is -2.34. The van der Waals surface area contributed by atoms with Crippen molar-refractivity contribution in [2.75, 3.05) is 0 Å². The molecule has 0 aliphatic heterocycles. The van der Waals surface area contributed by atoms with E-state index in [1.807, 2.05) is 0 Å². The molecule has 0 spiro atoms. The van der Waals surface area contributed by atoms with Crippen LogP contribution < -0.4 is 0 Å². The van der Waals surface area contributed by atoms with E-state index in [0.29, 0.717) is 10.8 Å². The Kier molecular flexibility index (Phi) is 4.13. The first kappa shape index (κ1) is 14.1. The molecular weight excluding hydrogens is 192 g/mol. The average molecular weight is 224 g/mol. The van der Waals surface area contributed by atoms with Crippen LogP contribution >= 0.6 is 0 Å². The lowest BCUT2D eigenvalue weighted by molar-refractivity contribution is 0.0724. The highest BCUT2D eigenvalue weighted by atomic mass is 14.6. The molecule has 1 aliphatic rings. The van der Waals surface area contributed by atoms with Crippen LogP contribution in [0.3, 0.4) is 0 Å². The Morgan fingerprint density at radius 1 is 1.12 bits per heavy atom. The van der Waals surface area contributed by atoms with E-state index in [2.05, 4.69) is 48.5 Å². The second kappa shape index (κ2) is 4.70. The van der Waals surface area contributed by atoms with E-state index in [1.165, 1.54) is 25.7 Å². The molecule has 16 heavy (non-hydrogen) atoms. The fourth-order valence-corrected chi connectivity index (χ4v) is 3.90. The molecule has 0 heterocycles. The fourth-order valence-electron chi connectivity index (χ4n) is 3.90. The van der Waals surface area contributed by atoms with Gasteiger partial charge in [-0.3, -0.25) is 0 Å². The first-order valence-electron chi connectivity index (χ1n) is 7.21. The van der Waals surface area contributed by atoms with Gasteiger partial charge in [0.15, 0.2) is 0 Å². The van der Waals surface area contributed by atoms with Crippen molar-refractivity contribution >= 4 is 0 Å². The molecule has 1 rings (SSSR count). The van der Waals surface area contributed by atoms with Gasteiger partial charge in [-0.1, -0.05) is 61.3 Å². The second-order valence-electron chi connectivity index (χ2n) is 7.56. The highest BCUT2D eigenvalue weighted by Gasteiger charge is 2.52. The molecule has 0 aromatic rings. The molecule has 1 saturated carbocycles. The van der Waals surface area contributed by atoms with Crippen LogP contribution in [0.2, 0.25) is 0 Å². The predicted octanol–water partition coefficient (Wildman–Crippen LogP) is 5.52. The van der Waals surface area contributed by atoms with Crippen molar-refractivity contribution in [2.45, 2.75) is 74.1 Å². The van der Waals surface area contributed by atoms with Gasteiger partial charge in [-0.15, -0.1) is 0 Å². The van der Waals surface area contributed by atoms with Gasteiger partial charge in [0.25, 0.3) is 0 Å². The summed E-state index contributed by atoms with van der Waals surface area (Å²) in [5, 5.41) is 0. The van der Waals surface area contributed by atoms with Crippen LogP contribution in [-0.2, 0) is 0 Å². The Morgan fingerprint density at radius 3 is 2.06 bits per heavy atom. The molecule has 0 amide bonds. The minimum Gasteiger partial charge on any atom is -0.0628 e. The summed E-state index contributed by atoms with van der Waals surface area (Å²) in [6.07, 6.45) is 5.64. The van der Waals surface area contributed by atoms with Gasteiger partial charge in [0, 0.05) is 0 Å². The Hall–Kier alpha value is 0. The summed E-state index contributed by atoms with van der Waals surface area (Å²) in [5.41, 5.74) is 1.09. The standard InChI is InChI=1S/C16H32/c1-12(2)9-8-10-16(7)14(4)13(3)11-15(16,5)6/h12-14H,8-11H2,1-7H3. The molecule has 0 saturated heterocycles. The van der Waals surface area contributed by atoms with Crippen LogP contribution in [0.15, 0.2) is 0 Å². The predicted molar refractivity (Wildman–Crippen MR) is 73.5 cm³/mol. The van der Waals surface area contributed by atoms with Crippen molar-refractivity contribution in [3.63, 3.8) is 0 Å². The van der Waals surface area contributed by atoms with Crippen LogP contribution in [-0.4, -0.2) is 0 Å². The Morgan fingerprint density at radius 2 is 1.69 bits per heavy atom. The Labute approximate surface area is 103 Å². The summed E-state index contributed by atoms with van der Waals surface area (Å²) in [6.45, 7) is 17.1. The SMILES string of the molecule is CC(C)CCCC1(C)C(C)C(C)CC1(C)C. The lowest BCUT2D eigenvalue weighted by Gasteiger charge is -2.42. The van der Waals surface area contributed by atoms with Crippen molar-refractivity contribution in [1.82, 2.24) is 0 Å². The van der Waals surface area contributed by atoms with Crippen LogP contribution in [0.25, 0.3) is 0 Å². The van der Waals surface area contributed by atoms with Gasteiger partial charge in [-0.05, 0) is 41.4 Å². The van der Waals surface area contributed by atoms with Crippen molar-refractivity contribution in [3.8, 4) is 0 Å². The zero-order chi connectivity index (χ0) is 12.6. The number of rotatable bonds is 4. The zero-order valence-corrected chi connectivity index (χ0v) is 12.6. The van der Waals surface area contributed by atoms with Gasteiger partial charge in [-0.25, -0.2) is 0 Å². The van der Waals surface area contributed by atoms with Gasteiger partial charge in [0.2, 0.25) is 0 Å². The molecule has 0 N–H and O–H groups in total. The van der Waals surface area contributed by atoms with Crippen molar-refractivity contribution < 1.29 is 0 Å². The summed E-state index contributed by atoms with van der Waals surface area (Å²) in [7, 11) is 0. The average Bonchev–Trinajstić information content (AvgIpc) is 2.27. The fraction of sp³-hybridized carbons (Fsp3) is 1.00. The van der Waals surface area contributed by atoms with E-state index in [9.17, 15) is 0 Å². The molecular formula is C16H32. The lowest BCUT2D eigenvalue weighted by atomic mass is 9.63. The Balaban J connectivity index is 2.66. The summed E-state index contributed by atoms with van der Waals surface area (Å²) in [6, 6.07) is 0. The smallest absolute Gasteiger partial charge is 0.0246 e. The summed E-state index contributed by atoms with van der Waals surface area (Å²) in [5.74, 6) is 2.65. The summed E-state index contributed by atoms with van der Waals surface area (Å²) >= 11 is 0. The molecule has 0 nitrogen and oxygen atoms in total. The maximum absolute atomic E-state index is 2.54. The number of hydrogen-bond donors (Lipinski definition) is 0. The molecule has 1 fully saturated rings. The van der Waals surface area contributed by atoms with Gasteiger partial charge >= 0.3 is 0 Å². The Bertz CT molecular complexity index is 226. The van der Waals surface area contributed by atoms with E-state index in [4.69, 9.17) is 0 Å². The quantitative estimate of drug-likeness (QED) is 0.589. The zero-order valence-electron chi connectivity index (χ0n) is 12.6. The van der Waals surface area contributed by atoms with Crippen LogP contribution in [0.1, 0.15) is 74.1 Å². The minimum absolute atomic E-state index is 0.531. The summed E-state index contributed by atoms with van der Waals surface area (Å²) in [4.78, 5) is 0. The van der Waals surface area contributed by atoms with Crippen LogP contribution in [0.4, 0.5) is 0 Å². The third-order valence-electron chi connectivity index (χ3n) is 5.71. The van der Waals surface area contributed by atoms with Crippen molar-refractivity contribution in [3.05, 3.63) is 0 Å². The molecule has 1 aliphatic carbocycles. The molecule has 96 valence electrons. The molecule has 0 heteroatoms. The third-order valence-corrected chi connectivity index (χ3v) is 5.71. The van der Waals surface area contributed by atoms with Gasteiger partial charge in [-0.2, -0.15) is 0 Å². The maximum atomic E-state index is 2.54. The summed E-state index contributed by atoms with van der Waals surface area (Å²) < 4.78 is 0. The molecule has 0 aromatic carbocycles. The van der Waals surface area contributed by atoms with E-state index in [0.717, 1.165) is 17.8 Å². The number of hydrogen-bond acceptors (Lipinski definition) is 0. The second-order valence-corrected chi connectivity index (χ2v) is 7.56. The molecule has 0 aromatic heterocycles. The van der Waals surface area contributed by atoms with E-state index in [-0.39, 0.29) is 0 Å². The highest BCUT2D eigenvalue weighted by molar-refractivity contribution is 5.01. The molecule has 0 bridgehead atoms. The van der Waals surface area contributed by atoms with Crippen LogP contribution in [0.5, 0.6) is 0 Å². The van der Waals surface area contributed by atoms with E-state index >= 15 is 0 Å². The maximum Gasteiger partial charge on any atom is -0.0246 e. The van der Waals surface area contributed by atoms with E-state index in [1.54, 1.807) is 0 Å². The highest BCUT2D eigenvalue weighted by Crippen LogP contribution is 2.60. The van der Waals surface area contributed by atoms with Crippen molar-refractivity contribution in [2.24, 2.45) is 28.6 Å². The monoisotopic (exact) mass is 224 g/mol. The van der Waals surface area contributed by atoms with Crippen LogP contribution in [0, 0.1) is 28.6 Å². The minimum atomic E-state index is 0.531. The molecule has 3 atom stereocenters.